The maximum atomic E-state index is 12.0. The minimum atomic E-state index is -3.32. The molecule has 0 fully saturated rings. The van der Waals surface area contributed by atoms with Crippen LogP contribution in [0.15, 0.2) is 15.7 Å². The summed E-state index contributed by atoms with van der Waals surface area (Å²) in [4.78, 5) is 24.0. The smallest absolute Gasteiger partial charge is 0.308 e. The molecule has 0 bridgehead atoms. The second-order valence-electron chi connectivity index (χ2n) is 4.35. The van der Waals surface area contributed by atoms with Crippen LogP contribution in [-0.4, -0.2) is 50.1 Å². The van der Waals surface area contributed by atoms with Crippen LogP contribution in [0.1, 0.15) is 17.3 Å². The molecule has 0 aromatic carbocycles. The first kappa shape index (κ1) is 15.6. The summed E-state index contributed by atoms with van der Waals surface area (Å²) in [6.07, 6.45) is 1.07. The van der Waals surface area contributed by atoms with Crippen LogP contribution in [0.5, 0.6) is 0 Å². The van der Waals surface area contributed by atoms with Gasteiger partial charge in [-0.25, -0.2) is 8.42 Å². The van der Waals surface area contributed by atoms with Crippen molar-refractivity contribution < 1.29 is 23.1 Å². The SMILES string of the molecule is CC(CN(C)C(=O)c1csc(S(C)(=O)=O)c1)C(=O)O. The number of aliphatic carboxylic acids is 1. The quantitative estimate of drug-likeness (QED) is 0.874. The number of nitrogens with zero attached hydrogens (tertiary/aromatic N) is 1. The zero-order valence-corrected chi connectivity index (χ0v) is 12.4. The number of amides is 1. The molecule has 19 heavy (non-hydrogen) atoms. The standard InChI is InChI=1S/C11H15NO5S2/c1-7(11(14)15)5-12(2)10(13)8-4-9(18-6-8)19(3,16)17/h4,6-7H,5H2,1-3H3,(H,14,15). The topological polar surface area (TPSA) is 91.8 Å². The maximum Gasteiger partial charge on any atom is 0.308 e. The highest BCUT2D eigenvalue weighted by Gasteiger charge is 2.21. The molecule has 0 radical (unpaired) electrons. The van der Waals surface area contributed by atoms with E-state index in [2.05, 4.69) is 0 Å². The second-order valence-corrected chi connectivity index (χ2v) is 7.51. The molecule has 8 heteroatoms. The molecule has 6 nitrogen and oxygen atoms in total. The number of carboxylic acids is 1. The fraction of sp³-hybridized carbons (Fsp3) is 0.455. The van der Waals surface area contributed by atoms with Gasteiger partial charge in [0.25, 0.3) is 5.91 Å². The number of carbonyl (C=O) groups excluding carboxylic acids is 1. The second kappa shape index (κ2) is 5.70. The van der Waals surface area contributed by atoms with Crippen LogP contribution in [-0.2, 0) is 14.6 Å². The van der Waals surface area contributed by atoms with E-state index in [1.807, 2.05) is 0 Å². The Morgan fingerprint density at radius 2 is 2.05 bits per heavy atom. The third kappa shape index (κ3) is 4.03. The van der Waals surface area contributed by atoms with E-state index in [1.54, 1.807) is 0 Å². The van der Waals surface area contributed by atoms with E-state index < -0.39 is 21.7 Å². The number of thiophene rings is 1. The number of sulfone groups is 1. The number of hydrogen-bond donors (Lipinski definition) is 1. The molecule has 1 amide bonds. The lowest BCUT2D eigenvalue weighted by atomic mass is 10.1. The summed E-state index contributed by atoms with van der Waals surface area (Å²) in [5.74, 6) is -2.05. The molecule has 0 saturated heterocycles. The van der Waals surface area contributed by atoms with Gasteiger partial charge in [-0.1, -0.05) is 6.92 Å². The molecule has 106 valence electrons. The average molecular weight is 305 g/mol. The molecule has 0 spiro atoms. The van der Waals surface area contributed by atoms with E-state index in [4.69, 9.17) is 5.11 Å². The van der Waals surface area contributed by atoms with Gasteiger partial charge in [0.1, 0.15) is 4.21 Å². The molecule has 1 aromatic rings. The van der Waals surface area contributed by atoms with Crippen LogP contribution in [0.25, 0.3) is 0 Å². The minimum absolute atomic E-state index is 0.0677. The normalized spacial score (nSPS) is 13.0. The summed E-state index contributed by atoms with van der Waals surface area (Å²) in [5, 5.41) is 10.2. The fourth-order valence-electron chi connectivity index (χ4n) is 1.42. The number of carboxylic acid groups (broad SMARTS) is 1. The average Bonchev–Trinajstić information content (AvgIpc) is 2.76. The lowest BCUT2D eigenvalue weighted by molar-refractivity contribution is -0.141. The van der Waals surface area contributed by atoms with Gasteiger partial charge in [0.05, 0.1) is 11.5 Å². The molecule has 0 aliphatic heterocycles. The van der Waals surface area contributed by atoms with Crippen LogP contribution in [0.2, 0.25) is 0 Å². The van der Waals surface area contributed by atoms with E-state index in [1.165, 1.54) is 30.3 Å². The van der Waals surface area contributed by atoms with E-state index in [0.717, 1.165) is 17.6 Å². The summed E-state index contributed by atoms with van der Waals surface area (Å²) in [6.45, 7) is 1.57. The van der Waals surface area contributed by atoms with E-state index in [-0.39, 0.29) is 22.2 Å². The zero-order chi connectivity index (χ0) is 14.8. The predicted molar refractivity (Wildman–Crippen MR) is 71.2 cm³/mol. The van der Waals surface area contributed by atoms with Gasteiger partial charge in [-0.3, -0.25) is 9.59 Å². The van der Waals surface area contributed by atoms with Crippen molar-refractivity contribution in [3.05, 3.63) is 17.0 Å². The first-order valence-electron chi connectivity index (χ1n) is 5.39. The van der Waals surface area contributed by atoms with Gasteiger partial charge in [0, 0.05) is 25.2 Å². The monoisotopic (exact) mass is 305 g/mol. The summed E-state index contributed by atoms with van der Waals surface area (Å²) in [7, 11) is -1.84. The molecule has 1 unspecified atom stereocenters. The van der Waals surface area contributed by atoms with Crippen LogP contribution in [0.4, 0.5) is 0 Å². The van der Waals surface area contributed by atoms with Crippen molar-refractivity contribution in [1.29, 1.82) is 0 Å². The third-order valence-electron chi connectivity index (χ3n) is 2.50. The van der Waals surface area contributed by atoms with Gasteiger partial charge in [0.15, 0.2) is 9.84 Å². The Kier molecular flexibility index (Phi) is 4.70. The van der Waals surface area contributed by atoms with Crippen molar-refractivity contribution in [3.8, 4) is 0 Å². The lowest BCUT2D eigenvalue weighted by Crippen LogP contribution is -2.33. The number of rotatable bonds is 5. The van der Waals surface area contributed by atoms with Gasteiger partial charge < -0.3 is 10.0 Å². The van der Waals surface area contributed by atoms with E-state index in [0.29, 0.717) is 0 Å². The number of hydrogen-bond acceptors (Lipinski definition) is 5. The highest BCUT2D eigenvalue weighted by atomic mass is 32.2. The van der Waals surface area contributed by atoms with Gasteiger partial charge in [-0.15, -0.1) is 11.3 Å². The Hall–Kier alpha value is -1.41. The molecule has 1 heterocycles. The fourth-order valence-corrected chi connectivity index (χ4v) is 3.21. The summed E-state index contributed by atoms with van der Waals surface area (Å²) >= 11 is 0.976. The van der Waals surface area contributed by atoms with Gasteiger partial charge in [-0.05, 0) is 6.07 Å². The van der Waals surface area contributed by atoms with Crippen LogP contribution < -0.4 is 0 Å². The Labute approximate surface area is 115 Å². The molecular formula is C11H15NO5S2. The molecule has 0 saturated carbocycles. The van der Waals surface area contributed by atoms with Gasteiger partial charge >= 0.3 is 5.97 Å². The maximum absolute atomic E-state index is 12.0. The molecule has 0 aliphatic rings. The van der Waals surface area contributed by atoms with Crippen LogP contribution >= 0.6 is 11.3 Å². The summed E-state index contributed by atoms with van der Waals surface area (Å²) in [5.41, 5.74) is 0.255. The molecule has 0 aliphatic carbocycles. The highest BCUT2D eigenvalue weighted by molar-refractivity contribution is 7.92. The Balaban J connectivity index is 2.83. The molecule has 1 atom stereocenters. The number of carbonyl (C=O) groups is 2. The van der Waals surface area contributed by atoms with Crippen molar-refractivity contribution in [1.82, 2.24) is 4.90 Å². The van der Waals surface area contributed by atoms with Crippen molar-refractivity contribution in [3.63, 3.8) is 0 Å². The molecule has 1 rings (SSSR count). The molecule has 1 N–H and O–H groups in total. The zero-order valence-electron chi connectivity index (χ0n) is 10.8. The first-order chi connectivity index (χ1) is 8.62. The minimum Gasteiger partial charge on any atom is -0.481 e. The van der Waals surface area contributed by atoms with Crippen LogP contribution in [0, 0.1) is 5.92 Å². The highest BCUT2D eigenvalue weighted by Crippen LogP contribution is 2.21. The molecule has 1 aromatic heterocycles. The van der Waals surface area contributed by atoms with Gasteiger partial charge in [-0.2, -0.15) is 0 Å². The van der Waals surface area contributed by atoms with Crippen molar-refractivity contribution in [2.75, 3.05) is 19.8 Å². The van der Waals surface area contributed by atoms with Crippen LogP contribution in [0.3, 0.4) is 0 Å². The Morgan fingerprint density at radius 1 is 1.47 bits per heavy atom. The van der Waals surface area contributed by atoms with E-state index >= 15 is 0 Å². The van der Waals surface area contributed by atoms with Crippen molar-refractivity contribution in [2.24, 2.45) is 5.92 Å². The predicted octanol–water partition coefficient (Wildman–Crippen LogP) is 0.944. The summed E-state index contributed by atoms with van der Waals surface area (Å²) < 4.78 is 22.7. The Bertz CT molecular complexity index is 590. The third-order valence-corrected chi connectivity index (χ3v) is 5.27. The van der Waals surface area contributed by atoms with Crippen molar-refractivity contribution in [2.45, 2.75) is 11.1 Å². The Morgan fingerprint density at radius 3 is 2.47 bits per heavy atom. The first-order valence-corrected chi connectivity index (χ1v) is 8.17. The van der Waals surface area contributed by atoms with E-state index in [9.17, 15) is 18.0 Å². The summed E-state index contributed by atoms with van der Waals surface area (Å²) in [6, 6.07) is 1.31. The van der Waals surface area contributed by atoms with Gasteiger partial charge in [0.2, 0.25) is 0 Å². The van der Waals surface area contributed by atoms with Crippen molar-refractivity contribution >= 4 is 33.1 Å². The lowest BCUT2D eigenvalue weighted by Gasteiger charge is -2.18. The largest absolute Gasteiger partial charge is 0.481 e. The molecular weight excluding hydrogens is 290 g/mol.